The Labute approximate surface area is 169 Å². The fraction of sp³-hybridized carbons (Fsp3) is 0.333. The molecular formula is C18H18F3N5O2S. The average Bonchev–Trinajstić information content (AvgIpc) is 3.08. The lowest BCUT2D eigenvalue weighted by Crippen LogP contribution is -2.16. The van der Waals surface area contributed by atoms with Crippen molar-refractivity contribution in [3.63, 3.8) is 0 Å². The fourth-order valence-electron chi connectivity index (χ4n) is 2.25. The zero-order valence-electron chi connectivity index (χ0n) is 16.1. The van der Waals surface area contributed by atoms with Crippen LogP contribution in [0.3, 0.4) is 0 Å². The molecule has 7 nitrogen and oxygen atoms in total. The maximum atomic E-state index is 13.1. The molecule has 1 aromatic carbocycles. The van der Waals surface area contributed by atoms with Crippen molar-refractivity contribution in [3.05, 3.63) is 47.0 Å². The summed E-state index contributed by atoms with van der Waals surface area (Å²) in [5.41, 5.74) is 0.959. The molecule has 0 saturated carbocycles. The number of halogens is 3. The van der Waals surface area contributed by atoms with Crippen molar-refractivity contribution in [2.24, 2.45) is 0 Å². The smallest absolute Gasteiger partial charge is 0.433 e. The lowest BCUT2D eigenvalue weighted by Gasteiger charge is -2.14. The molecule has 0 bridgehead atoms. The normalized spacial score (nSPS) is 11.6. The molecule has 0 fully saturated rings. The van der Waals surface area contributed by atoms with E-state index in [-0.39, 0.29) is 28.7 Å². The van der Waals surface area contributed by atoms with Crippen LogP contribution in [-0.2, 0) is 12.8 Å². The Morgan fingerprint density at radius 3 is 2.55 bits per heavy atom. The summed E-state index contributed by atoms with van der Waals surface area (Å²) in [6.07, 6.45) is -4.59. The fourth-order valence-corrected chi connectivity index (χ4v) is 2.91. The zero-order chi connectivity index (χ0) is 21.2. The van der Waals surface area contributed by atoms with Crippen LogP contribution in [0, 0.1) is 13.8 Å². The molecule has 0 N–H and O–H groups in total. The van der Waals surface area contributed by atoms with Crippen LogP contribution >= 0.6 is 11.8 Å². The van der Waals surface area contributed by atoms with Gasteiger partial charge >= 0.3 is 6.18 Å². The van der Waals surface area contributed by atoms with Gasteiger partial charge in [0.2, 0.25) is 0 Å². The van der Waals surface area contributed by atoms with Gasteiger partial charge in [-0.3, -0.25) is 0 Å². The molecule has 0 saturated heterocycles. The van der Waals surface area contributed by atoms with Gasteiger partial charge in [-0.2, -0.15) is 13.2 Å². The van der Waals surface area contributed by atoms with Crippen LogP contribution in [0.4, 0.5) is 19.0 Å². The number of anilines is 1. The van der Waals surface area contributed by atoms with Gasteiger partial charge in [-0.15, -0.1) is 10.2 Å². The van der Waals surface area contributed by atoms with E-state index in [1.807, 2.05) is 32.0 Å². The molecule has 0 amide bonds. The summed E-state index contributed by atoms with van der Waals surface area (Å²) in [6.45, 7) is 3.90. The van der Waals surface area contributed by atoms with Gasteiger partial charge in [-0.1, -0.05) is 12.1 Å². The number of aryl methyl sites for hydroxylation is 2. The third kappa shape index (κ3) is 5.37. The first kappa shape index (κ1) is 20.9. The highest BCUT2D eigenvalue weighted by atomic mass is 32.2. The largest absolute Gasteiger partial charge is 0.484 e. The number of benzene rings is 1. The Bertz CT molecular complexity index is 1010. The van der Waals surface area contributed by atoms with Crippen LogP contribution in [0.5, 0.6) is 5.75 Å². The minimum absolute atomic E-state index is 0.0218. The number of hydrogen-bond acceptors (Lipinski definition) is 8. The maximum absolute atomic E-state index is 13.1. The van der Waals surface area contributed by atoms with E-state index in [9.17, 15) is 13.2 Å². The molecule has 0 radical (unpaired) electrons. The summed E-state index contributed by atoms with van der Waals surface area (Å²) in [6, 6.07) is 6.68. The molecule has 0 spiro atoms. The number of nitrogens with zero attached hydrogens (tertiary/aromatic N) is 5. The van der Waals surface area contributed by atoms with E-state index in [0.717, 1.165) is 29.0 Å². The van der Waals surface area contributed by atoms with E-state index in [1.165, 1.54) is 4.90 Å². The van der Waals surface area contributed by atoms with Crippen molar-refractivity contribution in [3.8, 4) is 5.75 Å². The third-order valence-electron chi connectivity index (χ3n) is 3.76. The second-order valence-corrected chi connectivity index (χ2v) is 7.33. The van der Waals surface area contributed by atoms with Crippen molar-refractivity contribution in [2.75, 3.05) is 19.0 Å². The summed E-state index contributed by atoms with van der Waals surface area (Å²) < 4.78 is 50.4. The van der Waals surface area contributed by atoms with E-state index >= 15 is 0 Å². The standard InChI is InChI=1S/C18H18F3N5O2S/c1-10-5-6-11(2)12(7-10)27-9-15-24-25-17(28-15)29-16-22-13(18(19,20)21)8-14(23-16)26(3)4/h5-8H,9H2,1-4H3. The van der Waals surface area contributed by atoms with Crippen LogP contribution in [0.15, 0.2) is 39.1 Å². The Kier molecular flexibility index (Phi) is 5.96. The summed E-state index contributed by atoms with van der Waals surface area (Å²) >= 11 is 0.753. The van der Waals surface area contributed by atoms with Gasteiger partial charge in [-0.05, 0) is 31.0 Å². The molecule has 0 aliphatic rings. The molecule has 154 valence electrons. The zero-order valence-corrected chi connectivity index (χ0v) is 16.9. The minimum Gasteiger partial charge on any atom is -0.484 e. The molecule has 11 heteroatoms. The minimum atomic E-state index is -4.59. The Morgan fingerprint density at radius 2 is 1.86 bits per heavy atom. The molecule has 2 aromatic heterocycles. The number of ether oxygens (including phenoxy) is 1. The van der Waals surface area contributed by atoms with Gasteiger partial charge < -0.3 is 14.1 Å². The first-order chi connectivity index (χ1) is 13.6. The van der Waals surface area contributed by atoms with Crippen LogP contribution in [-0.4, -0.2) is 34.3 Å². The highest BCUT2D eigenvalue weighted by Gasteiger charge is 2.34. The van der Waals surface area contributed by atoms with E-state index in [2.05, 4.69) is 20.2 Å². The summed E-state index contributed by atoms with van der Waals surface area (Å²) in [4.78, 5) is 9.09. The van der Waals surface area contributed by atoms with Crippen molar-refractivity contribution in [1.82, 2.24) is 20.2 Å². The lowest BCUT2D eigenvalue weighted by molar-refractivity contribution is -0.141. The number of aromatic nitrogens is 4. The van der Waals surface area contributed by atoms with Crippen molar-refractivity contribution in [2.45, 2.75) is 37.0 Å². The second kappa shape index (κ2) is 8.27. The number of alkyl halides is 3. The molecule has 0 atom stereocenters. The summed E-state index contributed by atoms with van der Waals surface area (Å²) in [5, 5.41) is 7.56. The molecule has 0 unspecified atom stereocenters. The van der Waals surface area contributed by atoms with Crippen LogP contribution in [0.25, 0.3) is 0 Å². The number of hydrogen-bond donors (Lipinski definition) is 0. The monoisotopic (exact) mass is 425 g/mol. The van der Waals surface area contributed by atoms with Crippen molar-refractivity contribution >= 4 is 17.6 Å². The van der Waals surface area contributed by atoms with Crippen LogP contribution in [0.1, 0.15) is 22.7 Å². The van der Waals surface area contributed by atoms with Crippen molar-refractivity contribution < 1.29 is 22.3 Å². The molecule has 29 heavy (non-hydrogen) atoms. The summed E-state index contributed by atoms with van der Waals surface area (Å²) in [5.74, 6) is 0.996. The van der Waals surface area contributed by atoms with E-state index in [0.29, 0.717) is 5.75 Å². The molecular weight excluding hydrogens is 407 g/mol. The van der Waals surface area contributed by atoms with Gasteiger partial charge in [0.1, 0.15) is 11.6 Å². The first-order valence-electron chi connectivity index (χ1n) is 8.45. The predicted octanol–water partition coefficient (Wildman–Crippen LogP) is 4.29. The van der Waals surface area contributed by atoms with E-state index in [4.69, 9.17) is 9.15 Å². The predicted molar refractivity (Wildman–Crippen MR) is 100 cm³/mol. The Morgan fingerprint density at radius 1 is 1.10 bits per heavy atom. The van der Waals surface area contributed by atoms with Gasteiger partial charge in [0, 0.05) is 31.9 Å². The summed E-state index contributed by atoms with van der Waals surface area (Å²) in [7, 11) is 3.18. The molecule has 0 aliphatic carbocycles. The van der Waals surface area contributed by atoms with Gasteiger partial charge in [0.05, 0.1) is 0 Å². The van der Waals surface area contributed by atoms with Gasteiger partial charge in [0.25, 0.3) is 11.1 Å². The maximum Gasteiger partial charge on any atom is 0.433 e. The van der Waals surface area contributed by atoms with Gasteiger partial charge in [-0.25, -0.2) is 9.97 Å². The Hall–Kier alpha value is -2.82. The van der Waals surface area contributed by atoms with E-state index in [1.54, 1.807) is 14.1 Å². The Balaban J connectivity index is 1.74. The van der Waals surface area contributed by atoms with Crippen LogP contribution < -0.4 is 9.64 Å². The topological polar surface area (TPSA) is 77.2 Å². The van der Waals surface area contributed by atoms with Crippen LogP contribution in [0.2, 0.25) is 0 Å². The highest BCUT2D eigenvalue weighted by molar-refractivity contribution is 7.98. The second-order valence-electron chi connectivity index (χ2n) is 6.41. The SMILES string of the molecule is Cc1ccc(C)c(OCc2nnc(Sc3nc(N(C)C)cc(C(F)(F)F)n3)o2)c1. The highest BCUT2D eigenvalue weighted by Crippen LogP contribution is 2.32. The lowest BCUT2D eigenvalue weighted by atomic mass is 10.1. The molecule has 3 aromatic rings. The van der Waals surface area contributed by atoms with Gasteiger partial charge in [0.15, 0.2) is 17.5 Å². The average molecular weight is 425 g/mol. The number of rotatable bonds is 6. The van der Waals surface area contributed by atoms with E-state index < -0.39 is 11.9 Å². The quantitative estimate of drug-likeness (QED) is 0.542. The molecule has 2 heterocycles. The first-order valence-corrected chi connectivity index (χ1v) is 9.27. The third-order valence-corrected chi connectivity index (χ3v) is 4.47. The molecule has 3 rings (SSSR count). The molecule has 0 aliphatic heterocycles. The van der Waals surface area contributed by atoms with Crippen molar-refractivity contribution in [1.29, 1.82) is 0 Å².